The number of benzene rings is 3. The van der Waals surface area contributed by atoms with Crippen molar-refractivity contribution in [2.24, 2.45) is 7.05 Å². The zero-order valence-electron chi connectivity index (χ0n) is 16.9. The van der Waals surface area contributed by atoms with Crippen molar-refractivity contribution in [3.63, 3.8) is 0 Å². The van der Waals surface area contributed by atoms with E-state index >= 15 is 0 Å². The predicted molar refractivity (Wildman–Crippen MR) is 121 cm³/mol. The number of carbonyl (C=O) groups is 1. The van der Waals surface area contributed by atoms with E-state index in [9.17, 15) is 9.59 Å². The molecule has 5 rings (SSSR count). The number of rotatable bonds is 4. The van der Waals surface area contributed by atoms with E-state index in [4.69, 9.17) is 4.98 Å². The van der Waals surface area contributed by atoms with Crippen LogP contribution >= 0.6 is 0 Å². The first-order valence-corrected chi connectivity index (χ1v) is 10.0. The van der Waals surface area contributed by atoms with Gasteiger partial charge in [0.05, 0.1) is 11.0 Å². The zero-order chi connectivity index (χ0) is 21.4. The van der Waals surface area contributed by atoms with E-state index in [1.807, 2.05) is 78.3 Å². The third-order valence-electron chi connectivity index (χ3n) is 5.52. The summed E-state index contributed by atoms with van der Waals surface area (Å²) in [7, 11) is 1.93. The Bertz CT molecular complexity index is 1470. The minimum absolute atomic E-state index is 0.0680. The number of aromatic nitrogens is 3. The second-order valence-electron chi connectivity index (χ2n) is 7.41. The number of aryl methyl sites for hydroxylation is 1. The Labute approximate surface area is 178 Å². The minimum Gasteiger partial charge on any atom is -0.360 e. The first-order valence-electron chi connectivity index (χ1n) is 10.0. The van der Waals surface area contributed by atoms with Crippen molar-refractivity contribution in [3.8, 4) is 0 Å². The van der Waals surface area contributed by atoms with E-state index in [-0.39, 0.29) is 11.0 Å². The highest BCUT2D eigenvalue weighted by Crippen LogP contribution is 2.25. The average Bonchev–Trinajstić information content (AvgIpc) is 3.14. The lowest BCUT2D eigenvalue weighted by atomic mass is 10.1. The molecule has 152 valence electrons. The largest absolute Gasteiger partial charge is 0.360 e. The number of imidazole rings is 1. The van der Waals surface area contributed by atoms with Crippen LogP contribution in [0.25, 0.3) is 21.9 Å². The van der Waals surface area contributed by atoms with Gasteiger partial charge in [0.15, 0.2) is 0 Å². The third-order valence-corrected chi connectivity index (χ3v) is 5.52. The zero-order valence-corrected chi connectivity index (χ0v) is 16.9. The van der Waals surface area contributed by atoms with Gasteiger partial charge in [-0.25, -0.2) is 4.98 Å². The third kappa shape index (κ3) is 3.28. The Balaban J connectivity index is 1.60. The molecule has 2 aromatic heterocycles. The number of hydrogen-bond acceptors (Lipinski definition) is 3. The average molecular weight is 408 g/mol. The lowest BCUT2D eigenvalue weighted by Gasteiger charge is -2.19. The number of pyridine rings is 1. The van der Waals surface area contributed by atoms with Crippen LogP contribution in [0.1, 0.15) is 27.8 Å². The van der Waals surface area contributed by atoms with Gasteiger partial charge in [-0.05, 0) is 29.8 Å². The van der Waals surface area contributed by atoms with Gasteiger partial charge in [0.1, 0.15) is 17.4 Å². The highest BCUT2D eigenvalue weighted by atomic mass is 16.2. The number of carbonyl (C=O) groups excluding carboxylic acids is 1. The summed E-state index contributed by atoms with van der Waals surface area (Å²) in [5.74, 6) is 0.242. The van der Waals surface area contributed by atoms with E-state index in [1.165, 1.54) is 6.20 Å². The Hall–Kier alpha value is -4.19. The van der Waals surface area contributed by atoms with Gasteiger partial charge in [-0.15, -0.1) is 0 Å². The molecule has 2 heterocycles. The molecule has 0 spiro atoms. The van der Waals surface area contributed by atoms with Crippen molar-refractivity contribution in [3.05, 3.63) is 112 Å². The summed E-state index contributed by atoms with van der Waals surface area (Å²) in [6.07, 6.45) is 1.47. The Morgan fingerprint density at radius 1 is 0.968 bits per heavy atom. The summed E-state index contributed by atoms with van der Waals surface area (Å²) in [6.45, 7) is 0. The van der Waals surface area contributed by atoms with E-state index in [1.54, 1.807) is 12.1 Å². The summed E-state index contributed by atoms with van der Waals surface area (Å²) < 4.78 is 1.97. The molecule has 0 aliphatic heterocycles. The van der Waals surface area contributed by atoms with E-state index < -0.39 is 11.9 Å². The van der Waals surface area contributed by atoms with E-state index in [2.05, 4.69) is 10.3 Å². The number of aromatic amines is 1. The summed E-state index contributed by atoms with van der Waals surface area (Å²) in [5, 5.41) is 3.51. The Morgan fingerprint density at radius 2 is 1.68 bits per heavy atom. The lowest BCUT2D eigenvalue weighted by Crippen LogP contribution is -2.34. The number of nitrogens with one attached hydrogen (secondary N) is 2. The molecule has 0 aliphatic rings. The van der Waals surface area contributed by atoms with Crippen LogP contribution in [-0.2, 0) is 7.05 Å². The van der Waals surface area contributed by atoms with Crippen LogP contribution in [0.3, 0.4) is 0 Å². The summed E-state index contributed by atoms with van der Waals surface area (Å²) in [6, 6.07) is 24.1. The minimum atomic E-state index is -0.517. The standard InChI is InChI=1S/C25H20N4O2/c1-29-21-14-8-7-13-20(21)27-24(29)22(16-9-3-2-4-10-16)28-25(31)18-15-26-19-12-6-5-11-17(19)23(18)30/h2-15,22H,1H3,(H,26,30)(H,28,31). The Morgan fingerprint density at radius 3 is 2.48 bits per heavy atom. The van der Waals surface area contributed by atoms with Gasteiger partial charge in [-0.3, -0.25) is 9.59 Å². The normalized spacial score (nSPS) is 12.2. The molecule has 0 fully saturated rings. The summed E-state index contributed by atoms with van der Waals surface area (Å²) >= 11 is 0. The number of H-pyrrole nitrogens is 1. The fourth-order valence-corrected chi connectivity index (χ4v) is 3.91. The topological polar surface area (TPSA) is 79.8 Å². The van der Waals surface area contributed by atoms with Gasteiger partial charge < -0.3 is 14.9 Å². The van der Waals surface area contributed by atoms with Crippen molar-refractivity contribution in [1.29, 1.82) is 0 Å². The maximum Gasteiger partial charge on any atom is 0.257 e. The van der Waals surface area contributed by atoms with E-state index in [0.29, 0.717) is 16.7 Å². The fourth-order valence-electron chi connectivity index (χ4n) is 3.91. The molecular weight excluding hydrogens is 388 g/mol. The first-order chi connectivity index (χ1) is 15.1. The molecular formula is C25H20N4O2. The van der Waals surface area contributed by atoms with E-state index in [0.717, 1.165) is 16.6 Å². The van der Waals surface area contributed by atoms with Gasteiger partial charge in [0.2, 0.25) is 5.43 Å². The highest BCUT2D eigenvalue weighted by Gasteiger charge is 2.24. The second-order valence-corrected chi connectivity index (χ2v) is 7.41. The van der Waals surface area contributed by atoms with Gasteiger partial charge in [-0.2, -0.15) is 0 Å². The van der Waals surface area contributed by atoms with Crippen LogP contribution in [0.4, 0.5) is 0 Å². The quantitative estimate of drug-likeness (QED) is 0.473. The smallest absolute Gasteiger partial charge is 0.257 e. The summed E-state index contributed by atoms with van der Waals surface area (Å²) in [4.78, 5) is 34.0. The Kier molecular flexibility index (Phi) is 4.59. The molecule has 2 N–H and O–H groups in total. The number of nitrogens with zero attached hydrogens (tertiary/aromatic N) is 2. The second kappa shape index (κ2) is 7.57. The van der Waals surface area contributed by atoms with Crippen LogP contribution in [0.5, 0.6) is 0 Å². The predicted octanol–water partition coefficient (Wildman–Crippen LogP) is 3.93. The summed E-state index contributed by atoms with van der Waals surface area (Å²) in [5.41, 5.74) is 3.16. The van der Waals surface area contributed by atoms with Crippen LogP contribution in [0.2, 0.25) is 0 Å². The van der Waals surface area contributed by atoms with Crippen molar-refractivity contribution < 1.29 is 4.79 Å². The van der Waals surface area contributed by atoms with Crippen LogP contribution in [0.15, 0.2) is 89.9 Å². The van der Waals surface area contributed by atoms with Gasteiger partial charge in [0.25, 0.3) is 5.91 Å². The maximum absolute atomic E-state index is 13.2. The maximum atomic E-state index is 13.2. The number of para-hydroxylation sites is 3. The fraction of sp³-hybridized carbons (Fsp3) is 0.0800. The monoisotopic (exact) mass is 408 g/mol. The first kappa shape index (κ1) is 18.8. The molecule has 1 amide bonds. The molecule has 0 saturated heterocycles. The lowest BCUT2D eigenvalue weighted by molar-refractivity contribution is 0.0940. The van der Waals surface area contributed by atoms with Crippen molar-refractivity contribution in [1.82, 2.24) is 19.9 Å². The molecule has 6 heteroatoms. The molecule has 0 bridgehead atoms. The van der Waals surface area contributed by atoms with Gasteiger partial charge >= 0.3 is 0 Å². The molecule has 5 aromatic rings. The molecule has 3 aromatic carbocycles. The van der Waals surface area contributed by atoms with Gasteiger partial charge in [0, 0.05) is 24.1 Å². The SMILES string of the molecule is Cn1c(C(NC(=O)c2c[nH]c3ccccc3c2=O)c2ccccc2)nc2ccccc21. The molecule has 6 nitrogen and oxygen atoms in total. The molecule has 0 aliphatic carbocycles. The molecule has 1 unspecified atom stereocenters. The highest BCUT2D eigenvalue weighted by molar-refractivity contribution is 5.97. The number of amides is 1. The van der Waals surface area contributed by atoms with Crippen molar-refractivity contribution in [2.45, 2.75) is 6.04 Å². The molecule has 31 heavy (non-hydrogen) atoms. The van der Waals surface area contributed by atoms with Crippen LogP contribution in [-0.4, -0.2) is 20.4 Å². The van der Waals surface area contributed by atoms with Crippen LogP contribution in [0, 0.1) is 0 Å². The molecule has 1 atom stereocenters. The van der Waals surface area contributed by atoms with Crippen molar-refractivity contribution in [2.75, 3.05) is 0 Å². The number of hydrogen-bond donors (Lipinski definition) is 2. The molecule has 0 saturated carbocycles. The van der Waals surface area contributed by atoms with Crippen LogP contribution < -0.4 is 10.7 Å². The molecule has 0 radical (unpaired) electrons. The van der Waals surface area contributed by atoms with Crippen molar-refractivity contribution >= 4 is 27.8 Å². The van der Waals surface area contributed by atoms with Gasteiger partial charge in [-0.1, -0.05) is 54.6 Å². The number of fused-ring (bicyclic) bond motifs is 2.